The smallest absolute Gasteiger partial charge is 0.346 e. The highest BCUT2D eigenvalue weighted by molar-refractivity contribution is 8.55. The number of hydrogen-bond acceptors (Lipinski definition) is 3. The van der Waals surface area contributed by atoms with Gasteiger partial charge in [-0.05, 0) is 29.8 Å². The molecule has 1 aromatic rings. The van der Waals surface area contributed by atoms with E-state index >= 15 is 0 Å². The zero-order chi connectivity index (χ0) is 11.1. The van der Waals surface area contributed by atoms with Crippen molar-refractivity contribution in [2.45, 2.75) is 0 Å². The van der Waals surface area contributed by atoms with E-state index in [0.717, 1.165) is 17.1 Å². The van der Waals surface area contributed by atoms with E-state index in [1.165, 1.54) is 13.4 Å². The van der Waals surface area contributed by atoms with Gasteiger partial charge in [-0.15, -0.1) is 0 Å². The van der Waals surface area contributed by atoms with Gasteiger partial charge in [0, 0.05) is 12.8 Å². The molecule has 4 nitrogen and oxygen atoms in total. The fourth-order valence-corrected chi connectivity index (χ4v) is 2.29. The summed E-state index contributed by atoms with van der Waals surface area (Å²) >= 11 is 1.10. The Morgan fingerprint density at radius 2 is 2.13 bits per heavy atom. The van der Waals surface area contributed by atoms with Crippen molar-refractivity contribution in [3.8, 4) is 0 Å². The quantitative estimate of drug-likeness (QED) is 0.490. The van der Waals surface area contributed by atoms with Gasteiger partial charge < -0.3 is 9.84 Å². The Labute approximate surface area is 93.4 Å². The van der Waals surface area contributed by atoms with E-state index < -0.39 is 6.72 Å². The summed E-state index contributed by atoms with van der Waals surface area (Å²) < 4.78 is 20.3. The second kappa shape index (κ2) is 5.95. The van der Waals surface area contributed by atoms with Gasteiger partial charge in [-0.3, -0.25) is 4.57 Å². The molecule has 0 saturated heterocycles. The molecule has 0 fully saturated rings. The molecule has 0 aromatic heterocycles. The first kappa shape index (κ1) is 12.3. The van der Waals surface area contributed by atoms with Crippen molar-refractivity contribution < 1.29 is 9.09 Å². The van der Waals surface area contributed by atoms with Crippen LogP contribution in [0, 0.1) is 0 Å². The molecule has 6 heteroatoms. The maximum absolute atomic E-state index is 11.6. The summed E-state index contributed by atoms with van der Waals surface area (Å²) in [5.74, 6) is 0. The maximum Gasteiger partial charge on any atom is 0.372 e. The molecular weight excluding hydrogens is 231 g/mol. The lowest BCUT2D eigenvalue weighted by molar-refractivity contribution is 0.411. The van der Waals surface area contributed by atoms with Gasteiger partial charge in [0.15, 0.2) is 0 Å². The molecule has 0 heterocycles. The first-order chi connectivity index (χ1) is 7.20. The van der Waals surface area contributed by atoms with Crippen LogP contribution in [0.5, 0.6) is 0 Å². The van der Waals surface area contributed by atoms with Crippen LogP contribution in [0.25, 0.3) is 0 Å². The second-order valence-corrected chi connectivity index (χ2v) is 6.97. The Hall–Kier alpha value is -0.770. The number of para-hydroxylation sites is 1. The molecule has 1 atom stereocenters. The predicted molar refractivity (Wildman–Crippen MR) is 66.7 cm³/mol. The topological polar surface area (TPSA) is 50.7 Å². The lowest BCUT2D eigenvalue weighted by Gasteiger charge is -2.06. The highest BCUT2D eigenvalue weighted by Gasteiger charge is 2.16. The van der Waals surface area contributed by atoms with E-state index in [-0.39, 0.29) is 0 Å². The predicted octanol–water partition coefficient (Wildman–Crippen LogP) is 3.24. The van der Waals surface area contributed by atoms with Gasteiger partial charge in [-0.1, -0.05) is 18.2 Å². The summed E-state index contributed by atoms with van der Waals surface area (Å²) in [6.07, 6.45) is 3.10. The highest BCUT2D eigenvalue weighted by atomic mass is 32.7. The van der Waals surface area contributed by atoms with Crippen molar-refractivity contribution in [3.05, 3.63) is 30.3 Å². The minimum atomic E-state index is -2.89. The van der Waals surface area contributed by atoms with Crippen LogP contribution < -0.4 is 5.32 Å². The van der Waals surface area contributed by atoms with Crippen LogP contribution in [-0.2, 0) is 9.09 Å². The van der Waals surface area contributed by atoms with Gasteiger partial charge in [0.05, 0.1) is 6.34 Å². The summed E-state index contributed by atoms with van der Waals surface area (Å²) in [5, 5.41) is 2.91. The zero-order valence-electron chi connectivity index (χ0n) is 8.58. The van der Waals surface area contributed by atoms with Gasteiger partial charge in [0.25, 0.3) is 0 Å². The minimum absolute atomic E-state index is 0.894. The van der Waals surface area contributed by atoms with Crippen molar-refractivity contribution in [1.29, 1.82) is 0 Å². The Morgan fingerprint density at radius 1 is 1.47 bits per heavy atom. The molecule has 15 heavy (non-hydrogen) atoms. The van der Waals surface area contributed by atoms with E-state index in [2.05, 4.69) is 10.1 Å². The molecule has 1 rings (SSSR count). The normalized spacial score (nSPS) is 15.1. The van der Waals surface area contributed by atoms with Crippen LogP contribution in [0.3, 0.4) is 0 Å². The van der Waals surface area contributed by atoms with Gasteiger partial charge in [0.2, 0.25) is 0 Å². The Kier molecular flexibility index (Phi) is 4.88. The van der Waals surface area contributed by atoms with Crippen molar-refractivity contribution in [3.63, 3.8) is 0 Å². The number of anilines is 1. The first-order valence-electron chi connectivity index (χ1n) is 4.27. The van der Waals surface area contributed by atoms with Crippen molar-refractivity contribution >= 4 is 30.1 Å². The van der Waals surface area contributed by atoms with Gasteiger partial charge in [-0.2, -0.15) is 4.76 Å². The first-order valence-corrected chi connectivity index (χ1v) is 7.68. The third-order valence-corrected chi connectivity index (χ3v) is 5.10. The Morgan fingerprint density at radius 3 is 2.67 bits per heavy atom. The molecule has 0 aliphatic rings. The fraction of sp³-hybridized carbons (Fsp3) is 0.222. The molecule has 1 aromatic carbocycles. The number of hydrogen-bond donors (Lipinski definition) is 1. The monoisotopic (exact) mass is 244 g/mol. The van der Waals surface area contributed by atoms with Crippen LogP contribution in [0.4, 0.5) is 5.69 Å². The third-order valence-electron chi connectivity index (χ3n) is 1.67. The van der Waals surface area contributed by atoms with Crippen LogP contribution in [0.15, 0.2) is 35.1 Å². The van der Waals surface area contributed by atoms with Crippen molar-refractivity contribution in [1.82, 2.24) is 0 Å². The molecule has 1 unspecified atom stereocenters. The third kappa shape index (κ3) is 4.08. The van der Waals surface area contributed by atoms with Gasteiger partial charge in [0.1, 0.15) is 0 Å². The van der Waals surface area contributed by atoms with E-state index in [4.69, 9.17) is 4.52 Å². The summed E-state index contributed by atoms with van der Waals surface area (Å²) in [5.41, 5.74) is 0.894. The van der Waals surface area contributed by atoms with Crippen LogP contribution in [0.2, 0.25) is 0 Å². The lowest BCUT2D eigenvalue weighted by atomic mass is 10.3. The van der Waals surface area contributed by atoms with E-state index in [1.54, 1.807) is 6.26 Å². The molecule has 0 radical (unpaired) electrons. The van der Waals surface area contributed by atoms with E-state index in [0.29, 0.717) is 0 Å². The van der Waals surface area contributed by atoms with Crippen LogP contribution >= 0.6 is 18.1 Å². The SMILES string of the molecule is COP(=O)(N=CNc1ccccc1)SC. The maximum atomic E-state index is 11.6. The fourth-order valence-electron chi connectivity index (χ4n) is 0.877. The molecule has 0 spiro atoms. The van der Waals surface area contributed by atoms with Crippen molar-refractivity contribution in [2.24, 2.45) is 4.76 Å². The molecule has 0 bridgehead atoms. The molecule has 0 amide bonds. The molecule has 0 aliphatic carbocycles. The van der Waals surface area contributed by atoms with E-state index in [1.807, 2.05) is 30.3 Å². The lowest BCUT2D eigenvalue weighted by Crippen LogP contribution is -1.93. The van der Waals surface area contributed by atoms with E-state index in [9.17, 15) is 4.57 Å². The number of nitrogens with one attached hydrogen (secondary N) is 1. The summed E-state index contributed by atoms with van der Waals surface area (Å²) in [6, 6.07) is 9.51. The van der Waals surface area contributed by atoms with Crippen LogP contribution in [0.1, 0.15) is 0 Å². The summed E-state index contributed by atoms with van der Waals surface area (Å²) in [7, 11) is 1.39. The van der Waals surface area contributed by atoms with Crippen LogP contribution in [-0.4, -0.2) is 19.7 Å². The molecule has 0 saturated carbocycles. The number of rotatable bonds is 5. The van der Waals surface area contributed by atoms with Gasteiger partial charge >= 0.3 is 6.72 Å². The molecule has 82 valence electrons. The minimum Gasteiger partial charge on any atom is -0.346 e. The summed E-state index contributed by atoms with van der Waals surface area (Å²) in [4.78, 5) is 0. The largest absolute Gasteiger partial charge is 0.372 e. The van der Waals surface area contributed by atoms with Gasteiger partial charge in [-0.25, -0.2) is 0 Å². The standard InChI is InChI=1S/C9H13N2O2PS/c1-13-14(12,15-2)11-8-10-9-6-4-3-5-7-9/h3-8H,1-2H3,(H,10,11,12). The van der Waals surface area contributed by atoms with Crippen molar-refractivity contribution in [2.75, 3.05) is 18.7 Å². The average molecular weight is 244 g/mol. The Balaban J connectivity index is 2.57. The molecule has 0 aliphatic heterocycles. The number of nitrogens with zero attached hydrogens (tertiary/aromatic N) is 1. The zero-order valence-corrected chi connectivity index (χ0v) is 10.3. The Bertz CT molecular complexity index is 362. The molecular formula is C9H13N2O2PS. The molecule has 1 N–H and O–H groups in total. The summed E-state index contributed by atoms with van der Waals surface area (Å²) in [6.45, 7) is -2.89. The average Bonchev–Trinajstić information content (AvgIpc) is 2.30. The highest BCUT2D eigenvalue weighted by Crippen LogP contribution is 2.58. The second-order valence-electron chi connectivity index (χ2n) is 2.59. The number of benzene rings is 1.